The topological polar surface area (TPSA) is 45.8 Å². The molecule has 21 heavy (non-hydrogen) atoms. The largest absolute Gasteiger partial charge is 0.360 e. The van der Waals surface area contributed by atoms with Crippen molar-refractivity contribution in [2.75, 3.05) is 0 Å². The second-order valence-electron chi connectivity index (χ2n) is 4.92. The number of para-hydroxylation sites is 1. The molecule has 1 aromatic carbocycles. The minimum absolute atomic E-state index is 0.0719. The first kappa shape index (κ1) is 13.9. The number of nitrogens with zero attached hydrogens (tertiary/aromatic N) is 1. The van der Waals surface area contributed by atoms with E-state index in [2.05, 4.69) is 9.97 Å². The van der Waals surface area contributed by atoms with E-state index in [1.165, 1.54) is 5.56 Å². The lowest BCUT2D eigenvalue weighted by molar-refractivity contribution is 0.0995. The average Bonchev–Trinajstić information content (AvgIpc) is 2.97. The van der Waals surface area contributed by atoms with Crippen molar-refractivity contribution in [1.29, 1.82) is 0 Å². The summed E-state index contributed by atoms with van der Waals surface area (Å²) in [5.74, 6) is 0.990. The van der Waals surface area contributed by atoms with Gasteiger partial charge in [-0.1, -0.05) is 18.2 Å². The molecule has 1 atom stereocenters. The van der Waals surface area contributed by atoms with Gasteiger partial charge in [-0.3, -0.25) is 9.78 Å². The highest BCUT2D eigenvalue weighted by molar-refractivity contribution is 7.99. The number of hydrogen-bond donors (Lipinski definition) is 1. The first-order valence-electron chi connectivity index (χ1n) is 6.86. The molecule has 1 N–H and O–H groups in total. The molecule has 2 aromatic heterocycles. The summed E-state index contributed by atoms with van der Waals surface area (Å²) < 4.78 is 0. The summed E-state index contributed by atoms with van der Waals surface area (Å²) >= 11 is 1.65. The Morgan fingerprint density at radius 1 is 1.24 bits per heavy atom. The molecule has 106 valence electrons. The van der Waals surface area contributed by atoms with Crippen LogP contribution in [0.2, 0.25) is 0 Å². The monoisotopic (exact) mass is 296 g/mol. The molecule has 0 bridgehead atoms. The standard InChI is InChI=1S/C17H16N2OS/c1-12(21-11-13-6-8-18-9-7-13)17(20)15-10-19-16-5-3-2-4-14(15)16/h2-10,12,19H,11H2,1H3. The van der Waals surface area contributed by atoms with Crippen LogP contribution in [0.4, 0.5) is 0 Å². The van der Waals surface area contributed by atoms with Gasteiger partial charge in [-0.25, -0.2) is 0 Å². The van der Waals surface area contributed by atoms with Crippen molar-refractivity contribution in [2.24, 2.45) is 0 Å². The first-order chi connectivity index (χ1) is 10.3. The van der Waals surface area contributed by atoms with Crippen molar-refractivity contribution >= 4 is 28.4 Å². The van der Waals surface area contributed by atoms with Crippen LogP contribution >= 0.6 is 11.8 Å². The summed E-state index contributed by atoms with van der Waals surface area (Å²) in [6.45, 7) is 1.97. The van der Waals surface area contributed by atoms with E-state index in [9.17, 15) is 4.79 Å². The number of rotatable bonds is 5. The number of Topliss-reactive ketones (excluding diaryl/α,β-unsaturated/α-hetero) is 1. The van der Waals surface area contributed by atoms with Crippen LogP contribution in [0.1, 0.15) is 22.8 Å². The third kappa shape index (κ3) is 3.00. The van der Waals surface area contributed by atoms with E-state index in [0.29, 0.717) is 0 Å². The summed E-state index contributed by atoms with van der Waals surface area (Å²) in [5.41, 5.74) is 2.97. The van der Waals surface area contributed by atoms with Crippen molar-refractivity contribution in [2.45, 2.75) is 17.9 Å². The third-order valence-electron chi connectivity index (χ3n) is 3.47. The molecule has 0 amide bonds. The lowest BCUT2D eigenvalue weighted by Gasteiger charge is -2.09. The van der Waals surface area contributed by atoms with Crippen molar-refractivity contribution in [3.05, 3.63) is 66.1 Å². The molecule has 0 aliphatic heterocycles. The Kier molecular flexibility index (Phi) is 4.06. The first-order valence-corrected chi connectivity index (χ1v) is 7.91. The molecule has 0 aliphatic carbocycles. The fourth-order valence-electron chi connectivity index (χ4n) is 2.27. The highest BCUT2D eigenvalue weighted by atomic mass is 32.2. The summed E-state index contributed by atoms with van der Waals surface area (Å²) in [7, 11) is 0. The average molecular weight is 296 g/mol. The number of carbonyl (C=O) groups excluding carboxylic acids is 1. The molecule has 2 heterocycles. The number of hydrogen-bond acceptors (Lipinski definition) is 3. The van der Waals surface area contributed by atoms with Crippen LogP contribution in [0.3, 0.4) is 0 Å². The number of pyridine rings is 1. The molecule has 0 radical (unpaired) electrons. The van der Waals surface area contributed by atoms with Gasteiger partial charge in [0.25, 0.3) is 0 Å². The molecule has 1 unspecified atom stereocenters. The van der Waals surface area contributed by atoms with Gasteiger partial charge in [0, 0.05) is 40.8 Å². The quantitative estimate of drug-likeness (QED) is 0.722. The fraction of sp³-hybridized carbons (Fsp3) is 0.176. The second-order valence-corrected chi connectivity index (χ2v) is 6.25. The van der Waals surface area contributed by atoms with Crippen LogP contribution in [0, 0.1) is 0 Å². The van der Waals surface area contributed by atoms with Gasteiger partial charge in [-0.15, -0.1) is 11.8 Å². The van der Waals surface area contributed by atoms with Gasteiger partial charge < -0.3 is 4.98 Å². The van der Waals surface area contributed by atoms with Crippen molar-refractivity contribution in [1.82, 2.24) is 9.97 Å². The molecular weight excluding hydrogens is 280 g/mol. The number of aromatic amines is 1. The molecule has 3 aromatic rings. The molecule has 3 rings (SSSR count). The second kappa shape index (κ2) is 6.14. The smallest absolute Gasteiger partial charge is 0.177 e. The number of carbonyl (C=O) groups is 1. The molecule has 0 saturated heterocycles. The minimum atomic E-state index is -0.0719. The van der Waals surface area contributed by atoms with Gasteiger partial charge in [-0.05, 0) is 30.7 Å². The van der Waals surface area contributed by atoms with E-state index in [-0.39, 0.29) is 11.0 Å². The lowest BCUT2D eigenvalue weighted by atomic mass is 10.1. The normalized spacial score (nSPS) is 12.4. The van der Waals surface area contributed by atoms with Crippen LogP contribution in [-0.4, -0.2) is 21.0 Å². The van der Waals surface area contributed by atoms with Crippen LogP contribution in [0.25, 0.3) is 10.9 Å². The van der Waals surface area contributed by atoms with Gasteiger partial charge in [-0.2, -0.15) is 0 Å². The summed E-state index contributed by atoms with van der Waals surface area (Å²) in [6.07, 6.45) is 5.38. The van der Waals surface area contributed by atoms with Gasteiger partial charge in [0.15, 0.2) is 5.78 Å². The Morgan fingerprint density at radius 3 is 2.81 bits per heavy atom. The summed E-state index contributed by atoms with van der Waals surface area (Å²) in [5, 5.41) is 0.927. The zero-order valence-corrected chi connectivity index (χ0v) is 12.6. The Balaban J connectivity index is 1.72. The van der Waals surface area contributed by atoms with Gasteiger partial charge in [0.05, 0.1) is 5.25 Å². The molecule has 0 spiro atoms. The fourth-order valence-corrected chi connectivity index (χ4v) is 3.18. The van der Waals surface area contributed by atoms with Gasteiger partial charge in [0.2, 0.25) is 0 Å². The number of fused-ring (bicyclic) bond motifs is 1. The third-order valence-corrected chi connectivity index (χ3v) is 4.69. The highest BCUT2D eigenvalue weighted by Gasteiger charge is 2.18. The zero-order valence-electron chi connectivity index (χ0n) is 11.7. The van der Waals surface area contributed by atoms with Crippen LogP contribution in [-0.2, 0) is 5.75 Å². The van der Waals surface area contributed by atoms with Crippen LogP contribution in [0.5, 0.6) is 0 Å². The molecule has 0 saturated carbocycles. The Labute approximate surface area is 127 Å². The number of ketones is 1. The number of benzene rings is 1. The predicted octanol–water partition coefficient (Wildman–Crippen LogP) is 4.07. The van der Waals surface area contributed by atoms with Crippen molar-refractivity contribution in [3.8, 4) is 0 Å². The highest BCUT2D eigenvalue weighted by Crippen LogP contribution is 2.25. The van der Waals surface area contributed by atoms with Crippen LogP contribution < -0.4 is 0 Å². The SMILES string of the molecule is CC(SCc1ccncc1)C(=O)c1c[nH]c2ccccc12. The minimum Gasteiger partial charge on any atom is -0.360 e. The van der Waals surface area contributed by atoms with Crippen molar-refractivity contribution < 1.29 is 4.79 Å². The Hall–Kier alpha value is -2.07. The maximum atomic E-state index is 12.6. The summed E-state index contributed by atoms with van der Waals surface area (Å²) in [6, 6.07) is 11.9. The molecule has 4 heteroatoms. The number of H-pyrrole nitrogens is 1. The van der Waals surface area contributed by atoms with E-state index in [0.717, 1.165) is 22.2 Å². The predicted molar refractivity (Wildman–Crippen MR) is 87.6 cm³/mol. The van der Waals surface area contributed by atoms with Gasteiger partial charge >= 0.3 is 0 Å². The number of nitrogens with one attached hydrogen (secondary N) is 1. The van der Waals surface area contributed by atoms with E-state index >= 15 is 0 Å². The van der Waals surface area contributed by atoms with E-state index in [1.807, 2.05) is 49.5 Å². The van der Waals surface area contributed by atoms with E-state index < -0.39 is 0 Å². The molecular formula is C17H16N2OS. The maximum Gasteiger partial charge on any atom is 0.177 e. The Morgan fingerprint density at radius 2 is 2.00 bits per heavy atom. The number of aromatic nitrogens is 2. The zero-order chi connectivity index (χ0) is 14.7. The van der Waals surface area contributed by atoms with Crippen LogP contribution in [0.15, 0.2) is 55.0 Å². The van der Waals surface area contributed by atoms with Crippen molar-refractivity contribution in [3.63, 3.8) is 0 Å². The summed E-state index contributed by atoms with van der Waals surface area (Å²) in [4.78, 5) is 19.7. The maximum absolute atomic E-state index is 12.6. The van der Waals surface area contributed by atoms with Gasteiger partial charge in [0.1, 0.15) is 0 Å². The van der Waals surface area contributed by atoms with E-state index in [4.69, 9.17) is 0 Å². The number of thioether (sulfide) groups is 1. The molecule has 3 nitrogen and oxygen atoms in total. The molecule has 0 aliphatic rings. The van der Waals surface area contributed by atoms with E-state index in [1.54, 1.807) is 24.2 Å². The molecule has 0 fully saturated rings. The Bertz CT molecular complexity index is 752. The lowest BCUT2D eigenvalue weighted by Crippen LogP contribution is -2.13.